The van der Waals surface area contributed by atoms with E-state index in [9.17, 15) is 14.4 Å². The third kappa shape index (κ3) is 2.68. The summed E-state index contributed by atoms with van der Waals surface area (Å²) in [6.07, 6.45) is 3.47. The molecule has 0 radical (unpaired) electrons. The molecule has 0 aliphatic carbocycles. The molecule has 5 heterocycles. The highest BCUT2D eigenvalue weighted by molar-refractivity contribution is 7.07. The van der Waals surface area contributed by atoms with E-state index in [0.717, 1.165) is 12.8 Å². The quantitative estimate of drug-likeness (QED) is 0.793. The molecular formula is C19H20N4O4S. The summed E-state index contributed by atoms with van der Waals surface area (Å²) in [6, 6.07) is 3.21. The number of thiazole rings is 1. The Morgan fingerprint density at radius 1 is 1.46 bits per heavy atom. The van der Waals surface area contributed by atoms with Crippen molar-refractivity contribution in [3.05, 3.63) is 50.8 Å². The van der Waals surface area contributed by atoms with Crippen molar-refractivity contribution in [3.63, 3.8) is 0 Å². The number of aromatic nitrogens is 2. The maximum Gasteiger partial charge on any atom is 0.270 e. The molecule has 3 saturated heterocycles. The fourth-order valence-corrected chi connectivity index (χ4v) is 5.54. The summed E-state index contributed by atoms with van der Waals surface area (Å²) in [5.41, 5.74) is 1.49. The summed E-state index contributed by atoms with van der Waals surface area (Å²) in [7, 11) is 0. The minimum Gasteiger partial charge on any atom is -0.369 e. The van der Waals surface area contributed by atoms with Gasteiger partial charge in [0.05, 0.1) is 23.8 Å². The van der Waals surface area contributed by atoms with Crippen LogP contribution in [0.4, 0.5) is 0 Å². The smallest absolute Gasteiger partial charge is 0.270 e. The average molecular weight is 400 g/mol. The predicted octanol–water partition coefficient (Wildman–Crippen LogP) is 0.881. The molecule has 3 fully saturated rings. The highest BCUT2D eigenvalue weighted by Gasteiger charge is 2.63. The van der Waals surface area contributed by atoms with Crippen LogP contribution in [0.5, 0.6) is 0 Å². The van der Waals surface area contributed by atoms with E-state index in [1.54, 1.807) is 27.9 Å². The van der Waals surface area contributed by atoms with Gasteiger partial charge in [-0.15, -0.1) is 11.3 Å². The van der Waals surface area contributed by atoms with E-state index in [-0.39, 0.29) is 46.5 Å². The van der Waals surface area contributed by atoms with Crippen molar-refractivity contribution < 1.29 is 14.3 Å². The second-order valence-electron chi connectivity index (χ2n) is 7.71. The molecule has 0 unspecified atom stereocenters. The van der Waals surface area contributed by atoms with E-state index in [2.05, 4.69) is 15.3 Å². The molecule has 1 spiro atoms. The van der Waals surface area contributed by atoms with E-state index in [0.29, 0.717) is 25.3 Å². The normalized spacial score (nSPS) is 30.4. The molecule has 8 nitrogen and oxygen atoms in total. The molecule has 0 saturated carbocycles. The first kappa shape index (κ1) is 17.6. The Bertz CT molecular complexity index is 974. The van der Waals surface area contributed by atoms with Gasteiger partial charge in [-0.2, -0.15) is 0 Å². The lowest BCUT2D eigenvalue weighted by molar-refractivity contribution is 0.00315. The molecule has 0 aromatic carbocycles. The van der Waals surface area contributed by atoms with Crippen molar-refractivity contribution in [2.75, 3.05) is 19.6 Å². The molecule has 2 bridgehead atoms. The van der Waals surface area contributed by atoms with Crippen molar-refractivity contribution in [2.45, 2.75) is 24.5 Å². The van der Waals surface area contributed by atoms with Crippen LogP contribution < -0.4 is 10.9 Å². The average Bonchev–Trinajstić information content (AvgIpc) is 3.46. The van der Waals surface area contributed by atoms with E-state index >= 15 is 0 Å². The zero-order chi connectivity index (χ0) is 19.3. The van der Waals surface area contributed by atoms with Crippen LogP contribution >= 0.6 is 11.3 Å². The Kier molecular flexibility index (Phi) is 4.09. The number of nitrogens with zero attached hydrogens (tertiary/aromatic N) is 2. The van der Waals surface area contributed by atoms with Crippen LogP contribution in [0.1, 0.15) is 33.7 Å². The Hall–Kier alpha value is -2.52. The van der Waals surface area contributed by atoms with Gasteiger partial charge in [0.15, 0.2) is 0 Å². The Morgan fingerprint density at radius 2 is 2.36 bits per heavy atom. The molecule has 2 N–H and O–H groups in total. The van der Waals surface area contributed by atoms with Gasteiger partial charge in [-0.3, -0.25) is 14.4 Å². The second-order valence-corrected chi connectivity index (χ2v) is 8.43. The maximum atomic E-state index is 12.9. The summed E-state index contributed by atoms with van der Waals surface area (Å²) in [6.45, 7) is 1.54. The number of likely N-dealkylation sites (tertiary alicyclic amines) is 1. The topological polar surface area (TPSA) is 104 Å². The minimum atomic E-state index is -0.376. The summed E-state index contributed by atoms with van der Waals surface area (Å²) < 4.78 is 6.32. The van der Waals surface area contributed by atoms with Crippen molar-refractivity contribution >= 4 is 23.2 Å². The number of rotatable bonds is 4. The van der Waals surface area contributed by atoms with Gasteiger partial charge in [0.25, 0.3) is 17.4 Å². The number of hydrogen-bond acceptors (Lipinski definition) is 6. The van der Waals surface area contributed by atoms with Gasteiger partial charge in [-0.1, -0.05) is 0 Å². The first-order valence-electron chi connectivity index (χ1n) is 9.38. The summed E-state index contributed by atoms with van der Waals surface area (Å²) in [5.74, 6) is -0.125. The van der Waals surface area contributed by atoms with E-state index < -0.39 is 0 Å². The molecule has 146 valence electrons. The Balaban J connectivity index is 1.31. The third-order valence-electron chi connectivity index (χ3n) is 6.28. The number of H-pyrrole nitrogens is 1. The van der Waals surface area contributed by atoms with Gasteiger partial charge in [-0.25, -0.2) is 4.98 Å². The zero-order valence-electron chi connectivity index (χ0n) is 15.1. The van der Waals surface area contributed by atoms with Crippen LogP contribution in [0.3, 0.4) is 0 Å². The van der Waals surface area contributed by atoms with Crippen molar-refractivity contribution in [1.29, 1.82) is 0 Å². The van der Waals surface area contributed by atoms with Crippen LogP contribution in [-0.4, -0.2) is 58.0 Å². The van der Waals surface area contributed by atoms with Gasteiger partial charge < -0.3 is 19.9 Å². The number of fused-ring (bicyclic) bond motifs is 1. The number of aromatic amines is 1. The number of carbonyl (C=O) groups excluding carboxylic acids is 2. The minimum absolute atomic E-state index is 0.109. The van der Waals surface area contributed by atoms with Gasteiger partial charge in [0.1, 0.15) is 11.3 Å². The Labute approximate surface area is 164 Å². The van der Waals surface area contributed by atoms with Gasteiger partial charge in [0, 0.05) is 36.5 Å². The molecule has 9 heteroatoms. The van der Waals surface area contributed by atoms with Crippen molar-refractivity contribution in [3.8, 4) is 0 Å². The second kappa shape index (κ2) is 6.52. The first-order valence-corrected chi connectivity index (χ1v) is 10.3. The lowest BCUT2D eigenvalue weighted by Crippen LogP contribution is -2.42. The highest BCUT2D eigenvalue weighted by atomic mass is 32.1. The number of hydrogen-bond donors (Lipinski definition) is 2. The maximum absolute atomic E-state index is 12.9. The Morgan fingerprint density at radius 3 is 3.14 bits per heavy atom. The van der Waals surface area contributed by atoms with E-state index in [1.165, 1.54) is 17.5 Å². The largest absolute Gasteiger partial charge is 0.369 e. The van der Waals surface area contributed by atoms with E-state index in [1.807, 2.05) is 0 Å². The molecule has 3 aliphatic heterocycles. The number of ether oxygens (including phenoxy) is 1. The number of amides is 2. The van der Waals surface area contributed by atoms with Crippen LogP contribution in [0.25, 0.3) is 0 Å². The van der Waals surface area contributed by atoms with Crippen LogP contribution in [0.15, 0.2) is 34.0 Å². The summed E-state index contributed by atoms with van der Waals surface area (Å²) in [4.78, 5) is 45.4. The fourth-order valence-electron chi connectivity index (χ4n) is 5.00. The molecular weight excluding hydrogens is 380 g/mol. The van der Waals surface area contributed by atoms with Crippen molar-refractivity contribution in [2.24, 2.45) is 11.8 Å². The summed E-state index contributed by atoms with van der Waals surface area (Å²) >= 11 is 1.39. The number of pyridine rings is 1. The predicted molar refractivity (Wildman–Crippen MR) is 101 cm³/mol. The SMILES string of the molecule is O=C(NC[C@H]1[C@H]2CN(C(=O)c3ccc[nH]c3=O)C[C@]23CC[C@H]1O3)c1cscn1. The van der Waals surface area contributed by atoms with Gasteiger partial charge in [0.2, 0.25) is 0 Å². The highest BCUT2D eigenvalue weighted by Crippen LogP contribution is 2.54. The van der Waals surface area contributed by atoms with Crippen LogP contribution in [0, 0.1) is 11.8 Å². The fraction of sp³-hybridized carbons (Fsp3) is 0.474. The summed E-state index contributed by atoms with van der Waals surface area (Å²) in [5, 5.41) is 4.70. The zero-order valence-corrected chi connectivity index (χ0v) is 15.9. The van der Waals surface area contributed by atoms with Crippen LogP contribution in [0.2, 0.25) is 0 Å². The van der Waals surface area contributed by atoms with E-state index in [4.69, 9.17) is 4.74 Å². The van der Waals surface area contributed by atoms with Crippen LogP contribution in [-0.2, 0) is 4.74 Å². The first-order chi connectivity index (χ1) is 13.6. The molecule has 3 aliphatic rings. The standard InChI is InChI=1S/C19H20N4O4S/c24-16-11(2-1-5-20-16)18(26)23-7-13-12(15-3-4-19(13,9-23)27-15)6-21-17(25)14-8-28-10-22-14/h1-2,5,8,10,12-13,15H,3-4,6-7,9H2,(H,20,24)(H,21,25)/t12-,13+,15+,19+/m0/s1. The number of nitrogens with one attached hydrogen (secondary N) is 2. The third-order valence-corrected chi connectivity index (χ3v) is 6.87. The van der Waals surface area contributed by atoms with Crippen molar-refractivity contribution in [1.82, 2.24) is 20.2 Å². The molecule has 4 atom stereocenters. The molecule has 5 rings (SSSR count). The van der Waals surface area contributed by atoms with Gasteiger partial charge >= 0.3 is 0 Å². The molecule has 28 heavy (non-hydrogen) atoms. The lowest BCUT2D eigenvalue weighted by Gasteiger charge is -2.29. The molecule has 2 aromatic rings. The molecule has 2 amide bonds. The lowest BCUT2D eigenvalue weighted by atomic mass is 9.73. The monoisotopic (exact) mass is 400 g/mol. The van der Waals surface area contributed by atoms with Gasteiger partial charge in [-0.05, 0) is 25.0 Å². The number of carbonyl (C=O) groups is 2. The molecule has 2 aromatic heterocycles.